The molecule has 1 aliphatic heterocycles. The van der Waals surface area contributed by atoms with Crippen molar-refractivity contribution in [2.75, 3.05) is 11.9 Å². The Morgan fingerprint density at radius 3 is 1.74 bits per heavy atom. The van der Waals surface area contributed by atoms with E-state index in [0.717, 1.165) is 92.6 Å². The SMILES string of the molecule is [2H]C([2H])([2H])N1[CH-]n2c3[c-]c(Oc4[c-]c5c(cc4)c4cccc6c4n5c4ncccc4c4cccc5c7ccccc7n6c54)ccc3c3ccccc3c3ccccc3c3cccc1c32.[Pt]. The summed E-state index contributed by atoms with van der Waals surface area (Å²) < 4.78 is 39.2. The van der Waals surface area contributed by atoms with Crippen LogP contribution in [0, 0.1) is 18.8 Å². The summed E-state index contributed by atoms with van der Waals surface area (Å²) in [4.78, 5) is 6.48. The van der Waals surface area contributed by atoms with Crippen molar-refractivity contribution in [2.45, 2.75) is 0 Å². The van der Waals surface area contributed by atoms with Crippen LogP contribution in [0.3, 0.4) is 0 Å². The van der Waals surface area contributed by atoms with Crippen LogP contribution in [0.25, 0.3) is 109 Å². The Balaban J connectivity index is 0.00000423. The van der Waals surface area contributed by atoms with Gasteiger partial charge in [0.2, 0.25) is 0 Å². The number of anilines is 1. The predicted octanol–water partition coefficient (Wildman–Crippen LogP) is 13.7. The molecule has 0 saturated carbocycles. The number of pyridine rings is 1. The van der Waals surface area contributed by atoms with Crippen molar-refractivity contribution in [1.82, 2.24) is 18.4 Å². The van der Waals surface area contributed by atoms with Crippen molar-refractivity contribution in [1.29, 1.82) is 0 Å². The molecule has 6 heterocycles. The number of aromatic nitrogens is 4. The maximum atomic E-state index is 8.58. The Hall–Kier alpha value is -7.53. The quantitative estimate of drug-likeness (QED) is 0.162. The number of hydrogen-bond donors (Lipinski definition) is 0. The van der Waals surface area contributed by atoms with Gasteiger partial charge in [-0.1, -0.05) is 126 Å². The molecule has 0 amide bonds. The Bertz CT molecular complexity index is 4280. The van der Waals surface area contributed by atoms with E-state index in [9.17, 15) is 0 Å². The van der Waals surface area contributed by atoms with Crippen LogP contribution in [0.4, 0.5) is 5.69 Å². The molecular weight excluding hydrogens is 942 g/mol. The van der Waals surface area contributed by atoms with Crippen LogP contribution in [0.2, 0.25) is 0 Å². The van der Waals surface area contributed by atoms with E-state index in [4.69, 9.17) is 13.8 Å². The minimum Gasteiger partial charge on any atom is -0.510 e. The van der Waals surface area contributed by atoms with Crippen molar-refractivity contribution in [3.63, 3.8) is 0 Å². The third kappa shape index (κ3) is 4.67. The summed E-state index contributed by atoms with van der Waals surface area (Å²) in [6.45, 7) is -0.753. The Morgan fingerprint density at radius 1 is 0.468 bits per heavy atom. The molecule has 0 aliphatic carbocycles. The molecule has 0 atom stereocenters. The number of rotatable bonds is 2. The molecule has 0 radical (unpaired) electrons. The van der Waals surface area contributed by atoms with Gasteiger partial charge in [-0.2, -0.15) is 29.1 Å². The van der Waals surface area contributed by atoms with Crippen molar-refractivity contribution >= 4 is 115 Å². The summed E-state index contributed by atoms with van der Waals surface area (Å²) in [5, 5.41) is 12.6. The molecule has 5 aromatic heterocycles. The van der Waals surface area contributed by atoms with Gasteiger partial charge in [0.15, 0.2) is 0 Å². The smallest absolute Gasteiger partial charge is 0.143 e. The van der Waals surface area contributed by atoms with Crippen LogP contribution in [0.1, 0.15) is 4.11 Å². The van der Waals surface area contributed by atoms with Crippen LogP contribution in [0.15, 0.2) is 170 Å². The minimum atomic E-state index is -2.43. The van der Waals surface area contributed by atoms with Gasteiger partial charge in [0.1, 0.15) is 5.65 Å². The molecule has 62 heavy (non-hydrogen) atoms. The number of ether oxygens (including phenoxy) is 1. The normalized spacial score (nSPS) is 13.5. The van der Waals surface area contributed by atoms with Gasteiger partial charge >= 0.3 is 0 Å². The molecule has 0 fully saturated rings. The predicted molar refractivity (Wildman–Crippen MR) is 252 cm³/mol. The average Bonchev–Trinajstić information content (AvgIpc) is 4.00. The fourth-order valence-corrected chi connectivity index (χ4v) is 10.2. The number of nitrogens with zero attached hydrogens (tertiary/aromatic N) is 5. The van der Waals surface area contributed by atoms with Gasteiger partial charge in [-0.3, -0.25) is 0 Å². The van der Waals surface area contributed by atoms with E-state index in [1.165, 1.54) is 15.7 Å². The van der Waals surface area contributed by atoms with Gasteiger partial charge in [-0.25, -0.2) is 4.98 Å². The standard InChI is InChI=1S/C55H32N5O.Pt/c1-57-32-58-50-30-33(25-27-40(50)37-14-4-2-12-35(37)36-13-3-5-15-38(36)42-19-9-23-48(57)53(42)58)61-34-26-28-41-44-20-10-24-49-54(44)60(51(41)31-34)55-46(21-11-29-56-55)45-18-8-17-43-39-16-6-7-22-47(39)59(49)52(43)45;/h2-29,32H,1H3;/q-3;/i1D3;. The van der Waals surface area contributed by atoms with Crippen LogP contribution in [-0.2, 0) is 21.1 Å². The van der Waals surface area contributed by atoms with Crippen LogP contribution < -0.4 is 9.64 Å². The summed E-state index contributed by atoms with van der Waals surface area (Å²) in [7, 11) is 0. The molecule has 0 saturated heterocycles. The molecule has 13 aromatic rings. The van der Waals surface area contributed by atoms with Gasteiger partial charge in [-0.15, -0.1) is 23.6 Å². The second-order valence-electron chi connectivity index (χ2n) is 15.8. The van der Waals surface area contributed by atoms with E-state index in [2.05, 4.69) is 136 Å². The Kier molecular flexibility index (Phi) is 6.76. The molecule has 8 aromatic carbocycles. The zero-order chi connectivity index (χ0) is 42.4. The molecule has 1 aliphatic rings. The molecular formula is C55H32N5OPt-3. The fourth-order valence-electron chi connectivity index (χ4n) is 10.2. The van der Waals surface area contributed by atoms with E-state index in [1.807, 2.05) is 59.3 Å². The fraction of sp³-hybridized carbons (Fsp3) is 0.0182. The second-order valence-corrected chi connectivity index (χ2v) is 15.8. The summed E-state index contributed by atoms with van der Waals surface area (Å²) in [6.07, 6.45) is 1.86. The molecule has 0 unspecified atom stereocenters. The van der Waals surface area contributed by atoms with Crippen molar-refractivity contribution in [2.24, 2.45) is 0 Å². The average molecular weight is 977 g/mol. The van der Waals surface area contributed by atoms with E-state index in [0.29, 0.717) is 22.7 Å². The van der Waals surface area contributed by atoms with Gasteiger partial charge in [-0.05, 0) is 76.0 Å². The Labute approximate surface area is 373 Å². The molecule has 0 N–H and O–H groups in total. The first-order chi connectivity index (χ1) is 31.4. The summed E-state index contributed by atoms with van der Waals surface area (Å²) in [5.74, 6) is 0.964. The second kappa shape index (κ2) is 13.0. The third-order valence-electron chi connectivity index (χ3n) is 12.7. The maximum Gasteiger partial charge on any atom is 0.143 e. The number of para-hydroxylation sites is 4. The van der Waals surface area contributed by atoms with E-state index < -0.39 is 6.98 Å². The third-order valence-corrected chi connectivity index (χ3v) is 12.7. The van der Waals surface area contributed by atoms with Gasteiger partial charge < -0.3 is 23.0 Å². The Morgan fingerprint density at radius 2 is 1.00 bits per heavy atom. The van der Waals surface area contributed by atoms with Crippen molar-refractivity contribution in [3.8, 4) is 11.5 Å². The number of fused-ring (bicyclic) bond motifs is 17. The number of hydrogen-bond acceptors (Lipinski definition) is 3. The molecule has 7 heteroatoms. The minimum absolute atomic E-state index is 0. The van der Waals surface area contributed by atoms with Crippen LogP contribution in [0.5, 0.6) is 11.5 Å². The molecule has 0 bridgehead atoms. The van der Waals surface area contributed by atoms with E-state index in [-0.39, 0.29) is 21.1 Å². The first-order valence-corrected chi connectivity index (χ1v) is 20.4. The molecule has 0 spiro atoms. The zero-order valence-electron chi connectivity index (χ0n) is 35.7. The van der Waals surface area contributed by atoms with Crippen LogP contribution in [-0.4, -0.2) is 25.3 Å². The zero-order valence-corrected chi connectivity index (χ0v) is 35.0. The largest absolute Gasteiger partial charge is 0.510 e. The van der Waals surface area contributed by atoms with Gasteiger partial charge in [0, 0.05) is 64.4 Å². The first-order valence-electron chi connectivity index (χ1n) is 21.9. The number of benzene rings is 8. The van der Waals surface area contributed by atoms with E-state index >= 15 is 0 Å². The topological polar surface area (TPSA) is 39.1 Å². The summed E-state index contributed by atoms with van der Waals surface area (Å²) >= 11 is 0. The summed E-state index contributed by atoms with van der Waals surface area (Å²) in [5.41, 5.74) is 8.05. The summed E-state index contributed by atoms with van der Waals surface area (Å²) in [6, 6.07) is 63.8. The van der Waals surface area contributed by atoms with Gasteiger partial charge in [0.25, 0.3) is 0 Å². The molecule has 296 valence electrons. The van der Waals surface area contributed by atoms with Crippen molar-refractivity contribution < 1.29 is 29.9 Å². The maximum absolute atomic E-state index is 8.58. The van der Waals surface area contributed by atoms with Gasteiger partial charge in [0.05, 0.1) is 22.1 Å². The monoisotopic (exact) mass is 976 g/mol. The molecule has 14 rings (SSSR count). The molecule has 6 nitrogen and oxygen atoms in total. The van der Waals surface area contributed by atoms with Crippen molar-refractivity contribution in [3.05, 3.63) is 189 Å². The van der Waals surface area contributed by atoms with E-state index in [1.54, 1.807) is 6.67 Å². The first kappa shape index (κ1) is 32.3. The van der Waals surface area contributed by atoms with Crippen LogP contribution >= 0.6 is 0 Å².